The first kappa shape index (κ1) is 13.2. The maximum atomic E-state index is 12.5. The number of imide groups is 1. The van der Waals surface area contributed by atoms with Crippen LogP contribution < -0.4 is 0 Å². The molecule has 1 heterocycles. The van der Waals surface area contributed by atoms with Crippen molar-refractivity contribution in [1.82, 2.24) is 5.01 Å². The number of nitrogens with zero attached hydrogens (tertiary/aromatic N) is 2. The molecule has 112 valence electrons. The SMILES string of the molecule is Cc1ccc(O)c(/C=N\N2C(=O)[C@@H]3[C@H](C2=O)[C@H]2C=C[C@H]3C2)c1. The number of rotatable bonds is 2. The fourth-order valence-electron chi connectivity index (χ4n) is 3.90. The van der Waals surface area contributed by atoms with Gasteiger partial charge in [-0.25, -0.2) is 0 Å². The summed E-state index contributed by atoms with van der Waals surface area (Å²) in [5.41, 5.74) is 1.47. The lowest BCUT2D eigenvalue weighted by Crippen LogP contribution is -2.28. The summed E-state index contributed by atoms with van der Waals surface area (Å²) in [5.74, 6) is -0.476. The first-order valence-corrected chi connectivity index (χ1v) is 7.46. The fraction of sp³-hybridized carbons (Fsp3) is 0.353. The quantitative estimate of drug-likeness (QED) is 0.514. The number of aromatic hydroxyl groups is 1. The largest absolute Gasteiger partial charge is 0.507 e. The normalized spacial score (nSPS) is 32.5. The van der Waals surface area contributed by atoms with Gasteiger partial charge in [-0.3, -0.25) is 9.59 Å². The van der Waals surface area contributed by atoms with Crippen LogP contribution in [0.3, 0.4) is 0 Å². The summed E-state index contributed by atoms with van der Waals surface area (Å²) in [5, 5.41) is 14.9. The van der Waals surface area contributed by atoms with E-state index in [4.69, 9.17) is 0 Å². The van der Waals surface area contributed by atoms with Crippen LogP contribution in [0.1, 0.15) is 17.5 Å². The molecule has 0 unspecified atom stereocenters. The minimum absolute atomic E-state index is 0.0791. The lowest BCUT2D eigenvalue weighted by Gasteiger charge is -2.13. The molecule has 0 spiro atoms. The molecule has 2 aliphatic carbocycles. The summed E-state index contributed by atoms with van der Waals surface area (Å²) in [7, 11) is 0. The molecule has 4 rings (SSSR count). The lowest BCUT2D eigenvalue weighted by molar-refractivity contribution is -0.140. The molecule has 0 radical (unpaired) electrons. The maximum absolute atomic E-state index is 12.5. The van der Waals surface area contributed by atoms with Crippen molar-refractivity contribution in [3.63, 3.8) is 0 Å². The summed E-state index contributed by atoms with van der Waals surface area (Å²) in [6, 6.07) is 5.12. The molecule has 1 saturated heterocycles. The van der Waals surface area contributed by atoms with E-state index in [1.165, 1.54) is 6.21 Å². The molecule has 2 bridgehead atoms. The van der Waals surface area contributed by atoms with Crippen LogP contribution in [-0.2, 0) is 9.59 Å². The van der Waals surface area contributed by atoms with Crippen LogP contribution in [0.4, 0.5) is 0 Å². The van der Waals surface area contributed by atoms with Crippen molar-refractivity contribution in [2.75, 3.05) is 0 Å². The van der Waals surface area contributed by atoms with Crippen molar-refractivity contribution < 1.29 is 14.7 Å². The van der Waals surface area contributed by atoms with Gasteiger partial charge in [-0.15, -0.1) is 0 Å². The number of amides is 2. The number of aryl methyl sites for hydroxylation is 1. The lowest BCUT2D eigenvalue weighted by atomic mass is 9.85. The monoisotopic (exact) mass is 296 g/mol. The van der Waals surface area contributed by atoms with Crippen LogP contribution in [0, 0.1) is 30.6 Å². The Morgan fingerprint density at radius 2 is 1.82 bits per heavy atom. The van der Waals surface area contributed by atoms with E-state index in [0.29, 0.717) is 5.56 Å². The van der Waals surface area contributed by atoms with Crippen molar-refractivity contribution in [2.45, 2.75) is 13.3 Å². The topological polar surface area (TPSA) is 70.0 Å². The van der Waals surface area contributed by atoms with Crippen LogP contribution in [0.5, 0.6) is 5.75 Å². The van der Waals surface area contributed by atoms with Gasteiger partial charge in [0.15, 0.2) is 0 Å². The van der Waals surface area contributed by atoms with E-state index < -0.39 is 0 Å². The molecule has 5 heteroatoms. The first-order chi connectivity index (χ1) is 10.6. The number of hydrogen-bond donors (Lipinski definition) is 1. The fourth-order valence-corrected chi connectivity index (χ4v) is 3.90. The van der Waals surface area contributed by atoms with Gasteiger partial charge in [-0.1, -0.05) is 23.8 Å². The zero-order chi connectivity index (χ0) is 15.4. The maximum Gasteiger partial charge on any atom is 0.254 e. The van der Waals surface area contributed by atoms with Crippen molar-refractivity contribution in [3.8, 4) is 5.75 Å². The average molecular weight is 296 g/mol. The highest BCUT2D eigenvalue weighted by Gasteiger charge is 2.59. The second-order valence-corrected chi connectivity index (χ2v) is 6.29. The molecule has 0 aromatic heterocycles. The summed E-state index contributed by atoms with van der Waals surface area (Å²) in [6.45, 7) is 1.90. The van der Waals surface area contributed by atoms with E-state index >= 15 is 0 Å². The van der Waals surface area contributed by atoms with Crippen molar-refractivity contribution in [1.29, 1.82) is 0 Å². The van der Waals surface area contributed by atoms with Gasteiger partial charge in [-0.2, -0.15) is 10.1 Å². The highest BCUT2D eigenvalue weighted by molar-refractivity contribution is 6.06. The number of allylic oxidation sites excluding steroid dienone is 2. The predicted octanol–water partition coefficient (Wildman–Crippen LogP) is 1.84. The van der Waals surface area contributed by atoms with Gasteiger partial charge in [0.25, 0.3) is 11.8 Å². The molecule has 1 aromatic carbocycles. The Morgan fingerprint density at radius 3 is 2.45 bits per heavy atom. The van der Waals surface area contributed by atoms with Crippen molar-refractivity contribution >= 4 is 18.0 Å². The molecular formula is C17H16N2O3. The highest BCUT2D eigenvalue weighted by atomic mass is 16.3. The molecule has 3 aliphatic rings. The molecule has 2 amide bonds. The van der Waals surface area contributed by atoms with E-state index in [-0.39, 0.29) is 41.2 Å². The van der Waals surface area contributed by atoms with E-state index in [2.05, 4.69) is 17.3 Å². The molecular weight excluding hydrogens is 280 g/mol. The number of carbonyl (C=O) groups is 2. The van der Waals surface area contributed by atoms with Gasteiger partial charge < -0.3 is 5.11 Å². The minimum atomic E-state index is -0.245. The number of phenols is 1. The number of fused-ring (bicyclic) bond motifs is 5. The summed E-state index contributed by atoms with van der Waals surface area (Å²) < 4.78 is 0. The van der Waals surface area contributed by atoms with Crippen LogP contribution in [-0.4, -0.2) is 28.1 Å². The Hall–Kier alpha value is -2.43. The van der Waals surface area contributed by atoms with Crippen LogP contribution in [0.15, 0.2) is 35.5 Å². The summed E-state index contributed by atoms with van der Waals surface area (Å²) in [4.78, 5) is 24.9. The molecule has 2 fully saturated rings. The molecule has 22 heavy (non-hydrogen) atoms. The number of phenolic OH excluding ortho intramolecular Hbond substituents is 1. The Kier molecular flexibility index (Phi) is 2.73. The van der Waals surface area contributed by atoms with Gasteiger partial charge in [0, 0.05) is 5.56 Å². The third kappa shape index (κ3) is 1.75. The van der Waals surface area contributed by atoms with E-state index in [0.717, 1.165) is 17.0 Å². The Bertz CT molecular complexity index is 707. The molecule has 4 atom stereocenters. The van der Waals surface area contributed by atoms with Gasteiger partial charge in [0.1, 0.15) is 5.75 Å². The van der Waals surface area contributed by atoms with Gasteiger partial charge in [0.2, 0.25) is 0 Å². The molecule has 1 aliphatic heterocycles. The standard InChI is InChI=1S/C17H16N2O3/c1-9-2-5-13(20)12(6-9)8-18-19-16(21)14-10-3-4-11(7-10)15(14)17(19)22/h2-6,8,10-11,14-15,20H,7H2,1H3/b18-8-/t10-,11-,14-,15+/m0/s1. The first-order valence-electron chi connectivity index (χ1n) is 7.46. The molecule has 1 aromatic rings. The van der Waals surface area contributed by atoms with Gasteiger partial charge in [0.05, 0.1) is 18.1 Å². The minimum Gasteiger partial charge on any atom is -0.507 e. The van der Waals surface area contributed by atoms with Crippen LogP contribution in [0.2, 0.25) is 0 Å². The second-order valence-electron chi connectivity index (χ2n) is 6.29. The molecule has 1 N–H and O–H groups in total. The van der Waals surface area contributed by atoms with Gasteiger partial charge in [-0.05, 0) is 37.3 Å². The highest BCUT2D eigenvalue weighted by Crippen LogP contribution is 2.52. The Morgan fingerprint density at radius 1 is 1.18 bits per heavy atom. The third-order valence-corrected chi connectivity index (χ3v) is 4.94. The van der Waals surface area contributed by atoms with E-state index in [9.17, 15) is 14.7 Å². The number of benzene rings is 1. The summed E-state index contributed by atoms with van der Waals surface area (Å²) >= 11 is 0. The van der Waals surface area contributed by atoms with Crippen LogP contribution >= 0.6 is 0 Å². The zero-order valence-corrected chi connectivity index (χ0v) is 12.1. The van der Waals surface area contributed by atoms with E-state index in [1.807, 2.05) is 6.92 Å². The smallest absolute Gasteiger partial charge is 0.254 e. The summed E-state index contributed by atoms with van der Waals surface area (Å²) in [6.07, 6.45) is 6.39. The molecule has 5 nitrogen and oxygen atoms in total. The number of carbonyl (C=O) groups excluding carboxylic acids is 2. The van der Waals surface area contributed by atoms with E-state index in [1.54, 1.807) is 18.2 Å². The van der Waals surface area contributed by atoms with Crippen LogP contribution in [0.25, 0.3) is 0 Å². The Balaban J connectivity index is 1.62. The zero-order valence-electron chi connectivity index (χ0n) is 12.1. The molecule has 1 saturated carbocycles. The van der Waals surface area contributed by atoms with Crippen molar-refractivity contribution in [3.05, 3.63) is 41.5 Å². The second kappa shape index (κ2) is 4.53. The third-order valence-electron chi connectivity index (χ3n) is 4.94. The predicted molar refractivity (Wildman–Crippen MR) is 80.0 cm³/mol. The number of hydrazone groups is 1. The van der Waals surface area contributed by atoms with Crippen molar-refractivity contribution in [2.24, 2.45) is 28.8 Å². The number of hydrogen-bond acceptors (Lipinski definition) is 4. The Labute approximate surface area is 127 Å². The average Bonchev–Trinajstić information content (AvgIpc) is 3.16. The van der Waals surface area contributed by atoms with Gasteiger partial charge >= 0.3 is 0 Å².